The molecule has 0 radical (unpaired) electrons. The van der Waals surface area contributed by atoms with Crippen molar-refractivity contribution in [1.29, 1.82) is 0 Å². The fourth-order valence-corrected chi connectivity index (χ4v) is 4.32. The molecule has 0 amide bonds. The average molecular weight is 354 g/mol. The average Bonchev–Trinajstić information content (AvgIpc) is 2.91. The predicted octanol–water partition coefficient (Wildman–Crippen LogP) is 4.87. The van der Waals surface area contributed by atoms with Crippen LogP contribution in [0, 0.1) is 0 Å². The fraction of sp³-hybridized carbons (Fsp3) is 0.381. The second-order valence-corrected chi connectivity index (χ2v) is 7.62. The second kappa shape index (κ2) is 6.47. The van der Waals surface area contributed by atoms with Gasteiger partial charge < -0.3 is 4.57 Å². The lowest BCUT2D eigenvalue weighted by atomic mass is 9.93. The Kier molecular flexibility index (Phi) is 4.30. The number of likely N-dealkylation sites (N-methyl/N-ethyl adjacent to an activating group) is 1. The summed E-state index contributed by atoms with van der Waals surface area (Å²) in [6.45, 7) is 5.60. The van der Waals surface area contributed by atoms with Crippen LogP contribution in [0.1, 0.15) is 36.7 Å². The fourth-order valence-electron chi connectivity index (χ4n) is 4.14. The Morgan fingerprint density at radius 1 is 1.24 bits per heavy atom. The highest BCUT2D eigenvalue weighted by Crippen LogP contribution is 2.40. The summed E-state index contributed by atoms with van der Waals surface area (Å²) in [6, 6.07) is 11.4. The highest BCUT2D eigenvalue weighted by molar-refractivity contribution is 6.31. The molecule has 4 rings (SSSR count). The van der Waals surface area contributed by atoms with E-state index in [9.17, 15) is 0 Å². The van der Waals surface area contributed by atoms with Gasteiger partial charge in [-0.1, -0.05) is 17.7 Å². The summed E-state index contributed by atoms with van der Waals surface area (Å²) in [6.07, 6.45) is 5.87. The van der Waals surface area contributed by atoms with E-state index < -0.39 is 0 Å². The number of pyridine rings is 1. The molecule has 3 nitrogen and oxygen atoms in total. The molecular formula is C21H24ClN3. The number of rotatable bonds is 3. The number of benzene rings is 1. The Balaban J connectivity index is 1.82. The molecule has 0 aliphatic carbocycles. The topological polar surface area (TPSA) is 21.1 Å². The molecule has 1 aliphatic heterocycles. The number of fused-ring (bicyclic) bond motifs is 3. The van der Waals surface area contributed by atoms with Gasteiger partial charge in [0.15, 0.2) is 0 Å². The monoisotopic (exact) mass is 353 g/mol. The van der Waals surface area contributed by atoms with Crippen LogP contribution in [0.25, 0.3) is 10.9 Å². The number of aromatic nitrogens is 2. The predicted molar refractivity (Wildman–Crippen MR) is 104 cm³/mol. The molecule has 3 heterocycles. The molecule has 0 saturated heterocycles. The molecule has 3 aromatic rings. The molecule has 1 aromatic carbocycles. The van der Waals surface area contributed by atoms with Gasteiger partial charge in [0, 0.05) is 59.1 Å². The molecular weight excluding hydrogens is 330 g/mol. The number of hydrogen-bond acceptors (Lipinski definition) is 2. The smallest absolute Gasteiger partial charge is 0.0487 e. The van der Waals surface area contributed by atoms with Gasteiger partial charge in [0.25, 0.3) is 0 Å². The first-order chi connectivity index (χ1) is 12.1. The van der Waals surface area contributed by atoms with Gasteiger partial charge in [0.2, 0.25) is 0 Å². The van der Waals surface area contributed by atoms with Crippen LogP contribution >= 0.6 is 11.6 Å². The number of nitrogens with zero attached hydrogens (tertiary/aromatic N) is 3. The van der Waals surface area contributed by atoms with Gasteiger partial charge in [-0.2, -0.15) is 0 Å². The van der Waals surface area contributed by atoms with Gasteiger partial charge in [0.05, 0.1) is 0 Å². The molecule has 2 atom stereocenters. The number of aryl methyl sites for hydroxylation is 2. The first-order valence-electron chi connectivity index (χ1n) is 8.97. The van der Waals surface area contributed by atoms with Crippen molar-refractivity contribution in [2.75, 3.05) is 7.05 Å². The van der Waals surface area contributed by atoms with Gasteiger partial charge >= 0.3 is 0 Å². The van der Waals surface area contributed by atoms with Crippen molar-refractivity contribution >= 4 is 22.5 Å². The summed E-state index contributed by atoms with van der Waals surface area (Å²) >= 11 is 6.33. The van der Waals surface area contributed by atoms with Crippen LogP contribution in [0.5, 0.6) is 0 Å². The Hall–Kier alpha value is -1.84. The minimum absolute atomic E-state index is 0.402. The maximum atomic E-state index is 6.33. The summed E-state index contributed by atoms with van der Waals surface area (Å²) < 4.78 is 2.51. The number of halogens is 1. The van der Waals surface area contributed by atoms with E-state index in [1.54, 1.807) is 0 Å². The summed E-state index contributed by atoms with van der Waals surface area (Å²) in [5.41, 5.74) is 5.50. The summed E-state index contributed by atoms with van der Waals surface area (Å²) in [5.74, 6) is 0. The van der Waals surface area contributed by atoms with Crippen LogP contribution in [0.4, 0.5) is 0 Å². The highest BCUT2D eigenvalue weighted by atomic mass is 35.5. The van der Waals surface area contributed by atoms with E-state index in [1.165, 1.54) is 27.7 Å². The molecule has 25 heavy (non-hydrogen) atoms. The van der Waals surface area contributed by atoms with Crippen molar-refractivity contribution in [3.05, 3.63) is 64.6 Å². The molecule has 0 bridgehead atoms. The van der Waals surface area contributed by atoms with Gasteiger partial charge in [-0.05, 0) is 62.7 Å². The lowest BCUT2D eigenvalue weighted by Gasteiger charge is -2.36. The van der Waals surface area contributed by atoms with E-state index in [-0.39, 0.29) is 0 Å². The van der Waals surface area contributed by atoms with Crippen molar-refractivity contribution in [3.8, 4) is 0 Å². The van der Waals surface area contributed by atoms with Crippen molar-refractivity contribution in [2.45, 2.75) is 45.3 Å². The van der Waals surface area contributed by atoms with Crippen LogP contribution < -0.4 is 0 Å². The van der Waals surface area contributed by atoms with Gasteiger partial charge in [-0.3, -0.25) is 9.88 Å². The molecule has 0 spiro atoms. The molecule has 1 aliphatic rings. The van der Waals surface area contributed by atoms with Crippen LogP contribution in [-0.4, -0.2) is 27.5 Å². The molecule has 130 valence electrons. The van der Waals surface area contributed by atoms with Crippen molar-refractivity contribution < 1.29 is 0 Å². The van der Waals surface area contributed by atoms with Gasteiger partial charge in [0.1, 0.15) is 0 Å². The Labute approximate surface area is 154 Å². The zero-order chi connectivity index (χ0) is 17.6. The standard InChI is InChI=1S/C21H24ClN3/c1-14-11-20-21(15(2)24(14)3)18-12-17(22)6-7-19(18)25(20)10-8-16-5-4-9-23-13-16/h4-7,9,12-15H,8,10-11H2,1-3H3. The lowest BCUT2D eigenvalue weighted by molar-refractivity contribution is 0.177. The summed E-state index contributed by atoms with van der Waals surface area (Å²) in [4.78, 5) is 6.71. The van der Waals surface area contributed by atoms with E-state index >= 15 is 0 Å². The third-order valence-electron chi connectivity index (χ3n) is 5.74. The SMILES string of the molecule is CC1Cc2c(c3cc(Cl)ccc3n2CCc2cccnc2)C(C)N1C. The molecule has 2 unspecified atom stereocenters. The van der Waals surface area contributed by atoms with Gasteiger partial charge in [-0.25, -0.2) is 0 Å². The Bertz CT molecular complexity index is 900. The summed E-state index contributed by atoms with van der Waals surface area (Å²) in [7, 11) is 2.22. The molecule has 0 saturated carbocycles. The normalized spacial score (nSPS) is 20.8. The summed E-state index contributed by atoms with van der Waals surface area (Å²) in [5, 5.41) is 2.12. The molecule has 2 aromatic heterocycles. The quantitative estimate of drug-likeness (QED) is 0.669. The van der Waals surface area contributed by atoms with Crippen molar-refractivity contribution in [1.82, 2.24) is 14.5 Å². The largest absolute Gasteiger partial charge is 0.344 e. The van der Waals surface area contributed by atoms with Crippen LogP contribution in [-0.2, 0) is 19.4 Å². The van der Waals surface area contributed by atoms with Crippen molar-refractivity contribution in [2.24, 2.45) is 0 Å². The lowest BCUT2D eigenvalue weighted by Crippen LogP contribution is -2.38. The first-order valence-corrected chi connectivity index (χ1v) is 9.35. The van der Waals surface area contributed by atoms with E-state index in [0.717, 1.165) is 24.4 Å². The van der Waals surface area contributed by atoms with Gasteiger partial charge in [-0.15, -0.1) is 0 Å². The number of hydrogen-bond donors (Lipinski definition) is 0. The van der Waals surface area contributed by atoms with E-state index in [4.69, 9.17) is 11.6 Å². The van der Waals surface area contributed by atoms with Crippen LogP contribution in [0.2, 0.25) is 5.02 Å². The maximum Gasteiger partial charge on any atom is 0.0487 e. The second-order valence-electron chi connectivity index (χ2n) is 7.18. The maximum absolute atomic E-state index is 6.33. The molecule has 0 fully saturated rings. The Morgan fingerprint density at radius 2 is 2.08 bits per heavy atom. The Morgan fingerprint density at radius 3 is 2.84 bits per heavy atom. The third-order valence-corrected chi connectivity index (χ3v) is 5.97. The van der Waals surface area contributed by atoms with E-state index in [1.807, 2.05) is 24.5 Å². The molecule has 0 N–H and O–H groups in total. The van der Waals surface area contributed by atoms with E-state index in [0.29, 0.717) is 12.1 Å². The highest BCUT2D eigenvalue weighted by Gasteiger charge is 2.31. The van der Waals surface area contributed by atoms with Crippen LogP contribution in [0.3, 0.4) is 0 Å². The first kappa shape index (κ1) is 16.6. The minimum atomic E-state index is 0.402. The molecule has 4 heteroatoms. The zero-order valence-corrected chi connectivity index (χ0v) is 15.8. The van der Waals surface area contributed by atoms with Crippen molar-refractivity contribution in [3.63, 3.8) is 0 Å². The van der Waals surface area contributed by atoms with E-state index in [2.05, 4.69) is 53.5 Å². The minimum Gasteiger partial charge on any atom is -0.344 e. The third kappa shape index (κ3) is 2.86. The van der Waals surface area contributed by atoms with Crippen LogP contribution in [0.15, 0.2) is 42.7 Å². The zero-order valence-electron chi connectivity index (χ0n) is 15.0.